The van der Waals surface area contributed by atoms with Crippen LogP contribution in [0, 0.1) is 18.7 Å². The minimum Gasteiger partial charge on any atom is -0.325 e. The van der Waals surface area contributed by atoms with Crippen molar-refractivity contribution in [2.75, 3.05) is 5.32 Å². The van der Waals surface area contributed by atoms with Crippen LogP contribution >= 0.6 is 12.4 Å². The van der Waals surface area contributed by atoms with Crippen LogP contribution < -0.4 is 11.1 Å². The number of aryl methyl sites for hydroxylation is 1. The number of rotatable bonds is 4. The summed E-state index contributed by atoms with van der Waals surface area (Å²) in [6.07, 6.45) is 0.844. The normalized spacial score (nSPS) is 13.4. The predicted molar refractivity (Wildman–Crippen MR) is 74.4 cm³/mol. The molecule has 0 radical (unpaired) electrons. The van der Waals surface area contributed by atoms with Gasteiger partial charge in [-0.3, -0.25) is 4.79 Å². The molecule has 0 aromatic heterocycles. The van der Waals surface area contributed by atoms with Crippen LogP contribution in [-0.2, 0) is 4.79 Å². The molecule has 0 aliphatic rings. The number of hydrogen-bond donors (Lipinski definition) is 2. The second kappa shape index (κ2) is 7.34. The van der Waals surface area contributed by atoms with E-state index in [1.807, 2.05) is 13.8 Å². The standard InChI is InChI=1S/C13H19FN2O.ClH/c1-4-8(2)12(15)13(17)16-10-5-6-11(14)9(3)7-10;/h5-8,12H,4,15H2,1-3H3,(H,16,17);1H. The van der Waals surface area contributed by atoms with E-state index in [2.05, 4.69) is 5.32 Å². The number of nitrogens with two attached hydrogens (primary N) is 1. The molecule has 1 aromatic rings. The highest BCUT2D eigenvalue weighted by molar-refractivity contribution is 5.94. The first kappa shape index (κ1) is 16.9. The van der Waals surface area contributed by atoms with E-state index in [4.69, 9.17) is 5.73 Å². The number of carbonyl (C=O) groups is 1. The van der Waals surface area contributed by atoms with Crippen molar-refractivity contribution in [2.45, 2.75) is 33.2 Å². The smallest absolute Gasteiger partial charge is 0.241 e. The Kier molecular flexibility index (Phi) is 6.88. The fraction of sp³-hybridized carbons (Fsp3) is 0.462. The fourth-order valence-corrected chi connectivity index (χ4v) is 1.46. The van der Waals surface area contributed by atoms with Gasteiger partial charge in [-0.15, -0.1) is 12.4 Å². The molecule has 0 spiro atoms. The van der Waals surface area contributed by atoms with Crippen molar-refractivity contribution in [1.29, 1.82) is 0 Å². The number of nitrogens with one attached hydrogen (secondary N) is 1. The molecule has 1 aromatic carbocycles. The summed E-state index contributed by atoms with van der Waals surface area (Å²) in [5.74, 6) is -0.392. The molecule has 102 valence electrons. The third-order valence-electron chi connectivity index (χ3n) is 2.99. The Labute approximate surface area is 113 Å². The average Bonchev–Trinajstić information content (AvgIpc) is 2.31. The van der Waals surface area contributed by atoms with Gasteiger partial charge in [0.1, 0.15) is 5.82 Å². The van der Waals surface area contributed by atoms with Gasteiger partial charge < -0.3 is 11.1 Å². The molecule has 5 heteroatoms. The van der Waals surface area contributed by atoms with Gasteiger partial charge in [-0.1, -0.05) is 20.3 Å². The van der Waals surface area contributed by atoms with Crippen molar-refractivity contribution >= 4 is 24.0 Å². The second-order valence-corrected chi connectivity index (χ2v) is 4.36. The highest BCUT2D eigenvalue weighted by Crippen LogP contribution is 2.15. The zero-order chi connectivity index (χ0) is 13.0. The van der Waals surface area contributed by atoms with Crippen LogP contribution in [0.15, 0.2) is 18.2 Å². The molecule has 18 heavy (non-hydrogen) atoms. The molecule has 2 unspecified atom stereocenters. The number of carbonyl (C=O) groups excluding carboxylic acids is 1. The van der Waals surface area contributed by atoms with E-state index < -0.39 is 6.04 Å². The molecule has 0 aliphatic carbocycles. The zero-order valence-corrected chi connectivity index (χ0v) is 11.7. The number of benzene rings is 1. The molecule has 0 heterocycles. The maximum absolute atomic E-state index is 13.0. The van der Waals surface area contributed by atoms with E-state index in [0.717, 1.165) is 6.42 Å². The lowest BCUT2D eigenvalue weighted by Gasteiger charge is -2.17. The SMILES string of the molecule is CCC(C)C(N)C(=O)Nc1ccc(F)c(C)c1.Cl. The summed E-state index contributed by atoms with van der Waals surface area (Å²) < 4.78 is 13.0. The number of amides is 1. The number of anilines is 1. The summed E-state index contributed by atoms with van der Waals surface area (Å²) in [6.45, 7) is 5.57. The summed E-state index contributed by atoms with van der Waals surface area (Å²) in [4.78, 5) is 11.8. The van der Waals surface area contributed by atoms with Gasteiger partial charge in [-0.25, -0.2) is 4.39 Å². The van der Waals surface area contributed by atoms with Crippen molar-refractivity contribution in [1.82, 2.24) is 0 Å². The summed E-state index contributed by atoms with van der Waals surface area (Å²) >= 11 is 0. The minimum absolute atomic E-state index is 0. The van der Waals surface area contributed by atoms with Crippen molar-refractivity contribution in [3.8, 4) is 0 Å². The largest absolute Gasteiger partial charge is 0.325 e. The molecule has 2 atom stereocenters. The summed E-state index contributed by atoms with van der Waals surface area (Å²) in [7, 11) is 0. The van der Waals surface area contributed by atoms with E-state index in [1.54, 1.807) is 13.0 Å². The Morgan fingerprint density at radius 3 is 2.61 bits per heavy atom. The van der Waals surface area contributed by atoms with Crippen molar-refractivity contribution in [3.05, 3.63) is 29.6 Å². The molecule has 1 rings (SSSR count). The predicted octanol–water partition coefficient (Wildman–Crippen LogP) is 2.87. The Morgan fingerprint density at radius 1 is 1.50 bits per heavy atom. The quantitative estimate of drug-likeness (QED) is 0.887. The lowest BCUT2D eigenvalue weighted by molar-refractivity contribution is -0.118. The van der Waals surface area contributed by atoms with E-state index in [1.165, 1.54) is 12.1 Å². The van der Waals surface area contributed by atoms with E-state index in [0.29, 0.717) is 11.3 Å². The average molecular weight is 275 g/mol. The Balaban J connectivity index is 0.00000289. The Hall–Kier alpha value is -1.13. The van der Waals surface area contributed by atoms with Gasteiger partial charge in [0.25, 0.3) is 0 Å². The van der Waals surface area contributed by atoms with Crippen LogP contribution in [0.2, 0.25) is 0 Å². The van der Waals surface area contributed by atoms with Gasteiger partial charge in [0.05, 0.1) is 6.04 Å². The first-order chi connectivity index (χ1) is 7.95. The van der Waals surface area contributed by atoms with Crippen LogP contribution in [0.1, 0.15) is 25.8 Å². The molecular weight excluding hydrogens is 255 g/mol. The van der Waals surface area contributed by atoms with E-state index in [-0.39, 0.29) is 30.0 Å². The Bertz CT molecular complexity index is 412. The molecule has 1 amide bonds. The van der Waals surface area contributed by atoms with Crippen LogP contribution in [0.25, 0.3) is 0 Å². The summed E-state index contributed by atoms with van der Waals surface area (Å²) in [6, 6.07) is 3.92. The monoisotopic (exact) mass is 274 g/mol. The summed E-state index contributed by atoms with van der Waals surface area (Å²) in [5, 5.41) is 2.69. The minimum atomic E-state index is -0.537. The maximum Gasteiger partial charge on any atom is 0.241 e. The topological polar surface area (TPSA) is 55.1 Å². The third kappa shape index (κ3) is 4.27. The van der Waals surface area contributed by atoms with Crippen LogP contribution in [0.4, 0.5) is 10.1 Å². The highest BCUT2D eigenvalue weighted by Gasteiger charge is 2.19. The van der Waals surface area contributed by atoms with Crippen LogP contribution in [0.5, 0.6) is 0 Å². The lowest BCUT2D eigenvalue weighted by atomic mass is 9.99. The molecule has 0 bridgehead atoms. The third-order valence-corrected chi connectivity index (χ3v) is 2.99. The van der Waals surface area contributed by atoms with Crippen LogP contribution in [-0.4, -0.2) is 11.9 Å². The van der Waals surface area contributed by atoms with Gasteiger partial charge in [0.2, 0.25) is 5.91 Å². The van der Waals surface area contributed by atoms with Gasteiger partial charge in [0, 0.05) is 5.69 Å². The molecule has 0 aliphatic heterocycles. The van der Waals surface area contributed by atoms with Gasteiger partial charge >= 0.3 is 0 Å². The lowest BCUT2D eigenvalue weighted by Crippen LogP contribution is -2.40. The fourth-order valence-electron chi connectivity index (χ4n) is 1.46. The van der Waals surface area contributed by atoms with Crippen molar-refractivity contribution in [2.24, 2.45) is 11.7 Å². The highest BCUT2D eigenvalue weighted by atomic mass is 35.5. The second-order valence-electron chi connectivity index (χ2n) is 4.36. The van der Waals surface area contributed by atoms with E-state index >= 15 is 0 Å². The van der Waals surface area contributed by atoms with Crippen LogP contribution in [0.3, 0.4) is 0 Å². The molecule has 0 saturated carbocycles. The maximum atomic E-state index is 13.0. The van der Waals surface area contributed by atoms with Gasteiger partial charge in [-0.2, -0.15) is 0 Å². The zero-order valence-electron chi connectivity index (χ0n) is 10.9. The number of halogens is 2. The molecule has 3 N–H and O–H groups in total. The first-order valence-electron chi connectivity index (χ1n) is 5.78. The molecular formula is C13H20ClFN2O. The van der Waals surface area contributed by atoms with Gasteiger partial charge in [-0.05, 0) is 36.6 Å². The molecule has 3 nitrogen and oxygen atoms in total. The first-order valence-corrected chi connectivity index (χ1v) is 5.78. The van der Waals surface area contributed by atoms with Gasteiger partial charge in [0.15, 0.2) is 0 Å². The van der Waals surface area contributed by atoms with Crippen molar-refractivity contribution in [3.63, 3.8) is 0 Å². The van der Waals surface area contributed by atoms with Crippen molar-refractivity contribution < 1.29 is 9.18 Å². The Morgan fingerprint density at radius 2 is 2.11 bits per heavy atom. The number of hydrogen-bond acceptors (Lipinski definition) is 2. The molecule has 0 fully saturated rings. The van der Waals surface area contributed by atoms with E-state index in [9.17, 15) is 9.18 Å². The summed E-state index contributed by atoms with van der Waals surface area (Å²) in [5.41, 5.74) is 6.88. The molecule has 0 saturated heterocycles.